The van der Waals surface area contributed by atoms with Crippen LogP contribution in [0.2, 0.25) is 0 Å². The summed E-state index contributed by atoms with van der Waals surface area (Å²) in [7, 11) is 0. The molecule has 0 fully saturated rings. The van der Waals surface area contributed by atoms with Gasteiger partial charge in [0.15, 0.2) is 0 Å². The summed E-state index contributed by atoms with van der Waals surface area (Å²) < 4.78 is 0. The van der Waals surface area contributed by atoms with E-state index in [-0.39, 0.29) is 5.91 Å². The molecule has 0 saturated carbocycles. The number of nitrogens with zero attached hydrogens (tertiary/aromatic N) is 1. The zero-order chi connectivity index (χ0) is 12.0. The summed E-state index contributed by atoms with van der Waals surface area (Å²) in [4.78, 5) is 13.7. The molecule has 1 aromatic carbocycles. The van der Waals surface area contributed by atoms with E-state index in [4.69, 9.17) is 0 Å². The lowest BCUT2D eigenvalue weighted by molar-refractivity contribution is -0.130. The van der Waals surface area contributed by atoms with Crippen molar-refractivity contribution in [2.75, 3.05) is 13.1 Å². The van der Waals surface area contributed by atoms with E-state index in [9.17, 15) is 4.79 Å². The molecule has 0 atom stereocenters. The predicted molar refractivity (Wildman–Crippen MR) is 67.4 cm³/mol. The second kappa shape index (κ2) is 6.31. The van der Waals surface area contributed by atoms with Gasteiger partial charge >= 0.3 is 0 Å². The van der Waals surface area contributed by atoms with E-state index in [1.54, 1.807) is 0 Å². The van der Waals surface area contributed by atoms with Crippen molar-refractivity contribution < 1.29 is 4.79 Å². The Labute approximate surface area is 98.3 Å². The van der Waals surface area contributed by atoms with E-state index in [0.29, 0.717) is 6.42 Å². The fourth-order valence-corrected chi connectivity index (χ4v) is 1.74. The average molecular weight is 219 g/mol. The predicted octanol–water partition coefficient (Wildman–Crippen LogP) is 2.80. The lowest BCUT2D eigenvalue weighted by Gasteiger charge is -2.18. The van der Waals surface area contributed by atoms with Crippen LogP contribution in [0.5, 0.6) is 0 Å². The molecule has 0 unspecified atom stereocenters. The number of carbonyl (C=O) groups excluding carboxylic acids is 1. The zero-order valence-corrected chi connectivity index (χ0v) is 10.5. The Hall–Kier alpha value is -1.31. The molecule has 2 nitrogen and oxygen atoms in total. The number of carbonyl (C=O) groups is 1. The molecule has 1 amide bonds. The van der Waals surface area contributed by atoms with E-state index in [1.807, 2.05) is 18.7 Å². The van der Waals surface area contributed by atoms with Gasteiger partial charge in [-0.3, -0.25) is 4.79 Å². The van der Waals surface area contributed by atoms with Crippen molar-refractivity contribution >= 4 is 5.91 Å². The van der Waals surface area contributed by atoms with E-state index in [2.05, 4.69) is 31.2 Å². The van der Waals surface area contributed by atoms with Crippen LogP contribution in [0.25, 0.3) is 0 Å². The molecule has 0 N–H and O–H groups in total. The summed E-state index contributed by atoms with van der Waals surface area (Å²) in [5.74, 6) is 0.255. The molecule has 0 aliphatic rings. The maximum absolute atomic E-state index is 11.8. The minimum Gasteiger partial charge on any atom is -0.343 e. The number of aryl methyl sites for hydroxylation is 2. The van der Waals surface area contributed by atoms with Gasteiger partial charge in [-0.2, -0.15) is 0 Å². The summed E-state index contributed by atoms with van der Waals surface area (Å²) in [6.45, 7) is 7.73. The molecule has 0 radical (unpaired) electrons. The van der Waals surface area contributed by atoms with E-state index < -0.39 is 0 Å². The van der Waals surface area contributed by atoms with Crippen molar-refractivity contribution in [3.05, 3.63) is 35.4 Å². The van der Waals surface area contributed by atoms with Crippen LogP contribution in [0.4, 0.5) is 0 Å². The molecule has 0 heterocycles. The second-order valence-electron chi connectivity index (χ2n) is 4.05. The van der Waals surface area contributed by atoms with Gasteiger partial charge in [0, 0.05) is 19.5 Å². The molecule has 0 aromatic heterocycles. The Morgan fingerprint density at radius 2 is 1.69 bits per heavy atom. The molecular formula is C14H21NO. The Morgan fingerprint density at radius 1 is 1.12 bits per heavy atom. The maximum Gasteiger partial charge on any atom is 0.222 e. The highest BCUT2D eigenvalue weighted by molar-refractivity contribution is 5.76. The van der Waals surface area contributed by atoms with Gasteiger partial charge in [0.1, 0.15) is 0 Å². The van der Waals surface area contributed by atoms with Crippen LogP contribution in [0.15, 0.2) is 24.3 Å². The third-order valence-electron chi connectivity index (χ3n) is 2.86. The molecule has 0 spiro atoms. The molecule has 16 heavy (non-hydrogen) atoms. The van der Waals surface area contributed by atoms with Crippen LogP contribution >= 0.6 is 0 Å². The summed E-state index contributed by atoms with van der Waals surface area (Å²) in [6.07, 6.45) is 1.46. The zero-order valence-electron chi connectivity index (χ0n) is 10.5. The van der Waals surface area contributed by atoms with Gasteiger partial charge in [0.25, 0.3) is 0 Å². The normalized spacial score (nSPS) is 10.2. The van der Waals surface area contributed by atoms with E-state index >= 15 is 0 Å². The van der Waals surface area contributed by atoms with Gasteiger partial charge in [0.05, 0.1) is 0 Å². The largest absolute Gasteiger partial charge is 0.343 e. The van der Waals surface area contributed by atoms with Crippen molar-refractivity contribution in [2.45, 2.75) is 33.6 Å². The SMILES string of the molecule is CCN(CC)C(=O)CCc1ccc(C)cc1. The minimum absolute atomic E-state index is 0.255. The topological polar surface area (TPSA) is 20.3 Å². The Balaban J connectivity index is 2.45. The standard InChI is InChI=1S/C14H21NO/c1-4-15(5-2)14(16)11-10-13-8-6-12(3)7-9-13/h6-9H,4-5,10-11H2,1-3H3. The summed E-state index contributed by atoms with van der Waals surface area (Å²) >= 11 is 0. The average Bonchev–Trinajstić information content (AvgIpc) is 2.30. The van der Waals surface area contributed by atoms with Gasteiger partial charge in [-0.05, 0) is 32.8 Å². The first kappa shape index (κ1) is 12.8. The smallest absolute Gasteiger partial charge is 0.222 e. The van der Waals surface area contributed by atoms with Crippen molar-refractivity contribution in [1.29, 1.82) is 0 Å². The number of hydrogen-bond donors (Lipinski definition) is 0. The lowest BCUT2D eigenvalue weighted by Crippen LogP contribution is -2.30. The van der Waals surface area contributed by atoms with Crippen LogP contribution in [-0.2, 0) is 11.2 Å². The number of rotatable bonds is 5. The molecular weight excluding hydrogens is 198 g/mol. The Kier molecular flexibility index (Phi) is 5.03. The monoisotopic (exact) mass is 219 g/mol. The second-order valence-corrected chi connectivity index (χ2v) is 4.05. The van der Waals surface area contributed by atoms with Gasteiger partial charge < -0.3 is 4.90 Å². The molecule has 0 bridgehead atoms. The van der Waals surface area contributed by atoms with Gasteiger partial charge in [0.2, 0.25) is 5.91 Å². The van der Waals surface area contributed by atoms with E-state index in [1.165, 1.54) is 11.1 Å². The number of amides is 1. The highest BCUT2D eigenvalue weighted by Crippen LogP contribution is 2.07. The van der Waals surface area contributed by atoms with E-state index in [0.717, 1.165) is 19.5 Å². The highest BCUT2D eigenvalue weighted by atomic mass is 16.2. The fraction of sp³-hybridized carbons (Fsp3) is 0.500. The van der Waals surface area contributed by atoms with Gasteiger partial charge in [-0.1, -0.05) is 29.8 Å². The summed E-state index contributed by atoms with van der Waals surface area (Å²) in [5.41, 5.74) is 2.50. The third-order valence-corrected chi connectivity index (χ3v) is 2.86. The maximum atomic E-state index is 11.8. The van der Waals surface area contributed by atoms with Crippen LogP contribution in [0.1, 0.15) is 31.4 Å². The molecule has 1 rings (SSSR count). The first-order valence-electron chi connectivity index (χ1n) is 6.00. The van der Waals surface area contributed by atoms with Crippen LogP contribution in [-0.4, -0.2) is 23.9 Å². The summed E-state index contributed by atoms with van der Waals surface area (Å²) in [6, 6.07) is 8.39. The van der Waals surface area contributed by atoms with Crippen LogP contribution in [0.3, 0.4) is 0 Å². The fourth-order valence-electron chi connectivity index (χ4n) is 1.74. The highest BCUT2D eigenvalue weighted by Gasteiger charge is 2.08. The molecule has 0 saturated heterocycles. The number of benzene rings is 1. The Morgan fingerprint density at radius 3 is 2.19 bits per heavy atom. The Bertz CT molecular complexity index is 325. The first-order valence-corrected chi connectivity index (χ1v) is 6.00. The molecule has 2 heteroatoms. The van der Waals surface area contributed by atoms with Crippen molar-refractivity contribution in [1.82, 2.24) is 4.90 Å². The van der Waals surface area contributed by atoms with Crippen LogP contribution in [0, 0.1) is 6.92 Å². The number of hydrogen-bond acceptors (Lipinski definition) is 1. The molecule has 88 valence electrons. The third kappa shape index (κ3) is 3.69. The van der Waals surface area contributed by atoms with Crippen molar-refractivity contribution in [2.24, 2.45) is 0 Å². The van der Waals surface area contributed by atoms with Gasteiger partial charge in [-0.15, -0.1) is 0 Å². The lowest BCUT2D eigenvalue weighted by atomic mass is 10.1. The molecule has 0 aliphatic heterocycles. The first-order chi connectivity index (χ1) is 7.67. The van der Waals surface area contributed by atoms with Crippen molar-refractivity contribution in [3.63, 3.8) is 0 Å². The minimum atomic E-state index is 0.255. The summed E-state index contributed by atoms with van der Waals surface area (Å²) in [5, 5.41) is 0. The molecule has 1 aromatic rings. The van der Waals surface area contributed by atoms with Crippen molar-refractivity contribution in [3.8, 4) is 0 Å². The van der Waals surface area contributed by atoms with Crippen LogP contribution < -0.4 is 0 Å². The van der Waals surface area contributed by atoms with Gasteiger partial charge in [-0.25, -0.2) is 0 Å². The molecule has 0 aliphatic carbocycles. The quantitative estimate of drug-likeness (QED) is 0.745.